The van der Waals surface area contributed by atoms with Crippen LogP contribution in [0.3, 0.4) is 0 Å². The minimum absolute atomic E-state index is 0.0587. The number of nitrogens with one attached hydrogen (secondary N) is 2. The average Bonchev–Trinajstić information content (AvgIpc) is 3.51. The van der Waals surface area contributed by atoms with E-state index in [4.69, 9.17) is 0 Å². The molecule has 4 fully saturated rings. The van der Waals surface area contributed by atoms with Gasteiger partial charge in [0.15, 0.2) is 0 Å². The highest BCUT2D eigenvalue weighted by Crippen LogP contribution is 2.76. The van der Waals surface area contributed by atoms with Crippen molar-refractivity contribution in [3.05, 3.63) is 47.7 Å². The summed E-state index contributed by atoms with van der Waals surface area (Å²) in [6.45, 7) is 19.3. The standard InChI is InChI=1S/C38H52N2O3/c1-21(2)24-18-25(34(43)39-20-31(41)42)23-14-16-37(6)27(32(23)24)12-13-30-36(5)19-26-22-10-8-9-11-28(22)40-33(26)35(3,4)29(36)15-17-38(30,37)7/h8-11,23-25,27,29-30,32,40H,1,12-20H2,2-7H3,(H,39,43)(H,41,42)/t23?,24-,25+,27?,29?,30?,32?,36-,37+,38+/m0/s1. The molecule has 43 heavy (non-hydrogen) atoms. The minimum Gasteiger partial charge on any atom is -0.480 e. The second-order valence-electron chi connectivity index (χ2n) is 16.8. The predicted molar refractivity (Wildman–Crippen MR) is 172 cm³/mol. The third-order valence-electron chi connectivity index (χ3n) is 14.9. The van der Waals surface area contributed by atoms with E-state index in [1.165, 1.54) is 54.3 Å². The van der Waals surface area contributed by atoms with Gasteiger partial charge in [0.2, 0.25) is 5.91 Å². The number of carbonyl (C=O) groups excluding carboxylic acids is 1. The van der Waals surface area contributed by atoms with E-state index in [2.05, 4.69) is 82.7 Å². The molecule has 3 N–H and O–H groups in total. The zero-order valence-electron chi connectivity index (χ0n) is 27.2. The number of carboxylic acids is 1. The summed E-state index contributed by atoms with van der Waals surface area (Å²) in [5, 5.41) is 13.4. The second kappa shape index (κ2) is 9.47. The number of hydrogen-bond donors (Lipinski definition) is 3. The Morgan fingerprint density at radius 3 is 2.42 bits per heavy atom. The van der Waals surface area contributed by atoms with Gasteiger partial charge in [-0.1, -0.05) is 65.0 Å². The molecule has 232 valence electrons. The van der Waals surface area contributed by atoms with Crippen molar-refractivity contribution >= 4 is 22.8 Å². The predicted octanol–water partition coefficient (Wildman–Crippen LogP) is 7.90. The first kappa shape index (κ1) is 29.2. The maximum absolute atomic E-state index is 13.3. The van der Waals surface area contributed by atoms with E-state index in [9.17, 15) is 14.7 Å². The van der Waals surface area contributed by atoms with Crippen LogP contribution in [0.5, 0.6) is 0 Å². The molecule has 0 spiro atoms. The van der Waals surface area contributed by atoms with Crippen LogP contribution in [0.15, 0.2) is 36.4 Å². The SMILES string of the molecule is C=C(C)[C@@H]1C[C@@H](C(=O)NCC(=O)O)C2CC[C@]3(C)C(CCC4[C@@]5(C)Cc6c([nH]c7ccccc67)C(C)(C)C5CC[C@]43C)C21. The van der Waals surface area contributed by atoms with Crippen LogP contribution in [0, 0.1) is 57.7 Å². The number of benzene rings is 1. The molecule has 1 aromatic carbocycles. The third-order valence-corrected chi connectivity index (χ3v) is 14.9. The van der Waals surface area contributed by atoms with Crippen LogP contribution >= 0.6 is 0 Å². The zero-order chi connectivity index (χ0) is 30.7. The summed E-state index contributed by atoms with van der Waals surface area (Å²) in [5.74, 6) is 1.87. The van der Waals surface area contributed by atoms with Crippen LogP contribution < -0.4 is 5.32 Å². The zero-order valence-corrected chi connectivity index (χ0v) is 27.2. The Kier molecular flexibility index (Phi) is 6.42. The van der Waals surface area contributed by atoms with Crippen LogP contribution in [0.25, 0.3) is 10.9 Å². The molecule has 1 heterocycles. The molecule has 5 nitrogen and oxygen atoms in total. The number of carboxylic acid groups (broad SMARTS) is 1. The fourth-order valence-electron chi connectivity index (χ4n) is 13.1. The number of hydrogen-bond acceptors (Lipinski definition) is 2. The first-order valence-corrected chi connectivity index (χ1v) is 17.0. The van der Waals surface area contributed by atoms with Crippen molar-refractivity contribution in [3.63, 3.8) is 0 Å². The Bertz CT molecular complexity index is 1500. The lowest BCUT2D eigenvalue weighted by Crippen LogP contribution is -2.65. The fourth-order valence-corrected chi connectivity index (χ4v) is 13.1. The Balaban J connectivity index is 1.25. The van der Waals surface area contributed by atoms with Crippen molar-refractivity contribution in [2.24, 2.45) is 57.7 Å². The molecule has 4 saturated carbocycles. The van der Waals surface area contributed by atoms with E-state index in [1.807, 2.05) is 0 Å². The topological polar surface area (TPSA) is 82.2 Å². The summed E-state index contributed by atoms with van der Waals surface area (Å²) < 4.78 is 0. The van der Waals surface area contributed by atoms with Gasteiger partial charge in [0.05, 0.1) is 0 Å². The van der Waals surface area contributed by atoms with Crippen LogP contribution in [0.2, 0.25) is 0 Å². The summed E-state index contributed by atoms with van der Waals surface area (Å²) in [6.07, 6.45) is 9.25. The van der Waals surface area contributed by atoms with E-state index in [-0.39, 0.29) is 40.0 Å². The minimum atomic E-state index is -0.975. The number of fused-ring (bicyclic) bond motifs is 10. The largest absolute Gasteiger partial charge is 0.480 e. The van der Waals surface area contributed by atoms with E-state index in [0.29, 0.717) is 35.5 Å². The number of H-pyrrole nitrogens is 1. The molecular formula is C38H52N2O3. The van der Waals surface area contributed by atoms with Gasteiger partial charge in [0.25, 0.3) is 0 Å². The average molecular weight is 585 g/mol. The highest BCUT2D eigenvalue weighted by Gasteiger charge is 2.69. The van der Waals surface area contributed by atoms with Crippen LogP contribution in [0.1, 0.15) is 97.7 Å². The van der Waals surface area contributed by atoms with Crippen LogP contribution in [0.4, 0.5) is 0 Å². The van der Waals surface area contributed by atoms with E-state index in [0.717, 1.165) is 19.3 Å². The van der Waals surface area contributed by atoms with Gasteiger partial charge in [-0.25, -0.2) is 0 Å². The molecule has 5 unspecified atom stereocenters. The van der Waals surface area contributed by atoms with Gasteiger partial charge in [-0.05, 0) is 122 Å². The molecule has 0 saturated heterocycles. The van der Waals surface area contributed by atoms with Crippen molar-refractivity contribution in [1.82, 2.24) is 10.3 Å². The molecule has 1 amide bonds. The van der Waals surface area contributed by atoms with E-state index in [1.54, 1.807) is 5.56 Å². The van der Waals surface area contributed by atoms with Gasteiger partial charge in [0.1, 0.15) is 6.54 Å². The monoisotopic (exact) mass is 584 g/mol. The molecule has 0 aliphatic heterocycles. The molecule has 10 atom stereocenters. The number of allylic oxidation sites excluding steroid dienone is 1. The maximum Gasteiger partial charge on any atom is 0.322 e. The van der Waals surface area contributed by atoms with Crippen molar-refractivity contribution < 1.29 is 14.7 Å². The Morgan fingerprint density at radius 2 is 1.70 bits per heavy atom. The summed E-state index contributed by atoms with van der Waals surface area (Å²) in [4.78, 5) is 28.4. The van der Waals surface area contributed by atoms with E-state index >= 15 is 0 Å². The lowest BCUT2D eigenvalue weighted by atomic mass is 9.33. The van der Waals surface area contributed by atoms with Crippen molar-refractivity contribution in [2.45, 2.75) is 98.3 Å². The van der Waals surface area contributed by atoms with Crippen molar-refractivity contribution in [2.75, 3.05) is 6.54 Å². The number of aromatic amines is 1. The van der Waals surface area contributed by atoms with Gasteiger partial charge in [-0.2, -0.15) is 0 Å². The lowest BCUT2D eigenvalue weighted by Gasteiger charge is -2.71. The smallest absolute Gasteiger partial charge is 0.322 e. The van der Waals surface area contributed by atoms with Crippen LogP contribution in [-0.2, 0) is 21.4 Å². The molecule has 5 aliphatic carbocycles. The summed E-state index contributed by atoms with van der Waals surface area (Å²) in [7, 11) is 0. The highest BCUT2D eigenvalue weighted by atomic mass is 16.4. The number of para-hydroxylation sites is 1. The highest BCUT2D eigenvalue weighted by molar-refractivity contribution is 5.86. The van der Waals surface area contributed by atoms with Gasteiger partial charge in [-0.3, -0.25) is 9.59 Å². The van der Waals surface area contributed by atoms with Crippen molar-refractivity contribution in [1.29, 1.82) is 0 Å². The summed E-state index contributed by atoms with van der Waals surface area (Å²) in [6, 6.07) is 8.93. The molecule has 0 radical (unpaired) electrons. The Labute approximate surface area is 257 Å². The van der Waals surface area contributed by atoms with E-state index < -0.39 is 5.97 Å². The molecular weight excluding hydrogens is 532 g/mol. The number of rotatable bonds is 4. The van der Waals surface area contributed by atoms with Gasteiger partial charge in [0, 0.05) is 27.9 Å². The summed E-state index contributed by atoms with van der Waals surface area (Å²) >= 11 is 0. The maximum atomic E-state index is 13.3. The lowest BCUT2D eigenvalue weighted by molar-refractivity contribution is -0.216. The molecule has 2 aromatic rings. The normalized spacial score (nSPS) is 42.6. The number of carbonyl (C=O) groups is 2. The molecule has 0 bridgehead atoms. The second-order valence-corrected chi connectivity index (χ2v) is 16.8. The third kappa shape index (κ3) is 3.81. The number of aliphatic carboxylic acids is 1. The first-order valence-electron chi connectivity index (χ1n) is 17.0. The van der Waals surface area contributed by atoms with Gasteiger partial charge in [-0.15, -0.1) is 0 Å². The number of aromatic nitrogens is 1. The molecule has 5 heteroatoms. The van der Waals surface area contributed by atoms with Gasteiger partial charge >= 0.3 is 5.97 Å². The van der Waals surface area contributed by atoms with Gasteiger partial charge < -0.3 is 15.4 Å². The Hall–Kier alpha value is -2.56. The Morgan fingerprint density at radius 1 is 0.977 bits per heavy atom. The number of amides is 1. The first-order chi connectivity index (χ1) is 20.2. The quantitative estimate of drug-likeness (QED) is 0.320. The fraction of sp³-hybridized carbons (Fsp3) is 0.684. The summed E-state index contributed by atoms with van der Waals surface area (Å²) in [5.41, 5.74) is 6.33. The molecule has 5 aliphatic rings. The molecule has 7 rings (SSSR count). The molecule has 1 aromatic heterocycles. The van der Waals surface area contributed by atoms with Crippen molar-refractivity contribution in [3.8, 4) is 0 Å². The van der Waals surface area contributed by atoms with Crippen LogP contribution in [-0.4, -0.2) is 28.5 Å².